The van der Waals surface area contributed by atoms with Gasteiger partial charge in [-0.1, -0.05) is 18.2 Å². The highest BCUT2D eigenvalue weighted by Crippen LogP contribution is 2.33. The van der Waals surface area contributed by atoms with Crippen LogP contribution in [0.1, 0.15) is 28.8 Å². The molecule has 1 aliphatic carbocycles. The summed E-state index contributed by atoms with van der Waals surface area (Å²) in [5.74, 6) is 1.61. The van der Waals surface area contributed by atoms with E-state index in [0.717, 1.165) is 35.5 Å². The Morgan fingerprint density at radius 2 is 1.83 bits per heavy atom. The van der Waals surface area contributed by atoms with Crippen molar-refractivity contribution in [3.8, 4) is 11.5 Å². The lowest BCUT2D eigenvalue weighted by Gasteiger charge is -2.24. The molecule has 1 saturated carbocycles. The molecule has 3 rings (SSSR count). The maximum Gasteiger partial charge on any atom is 0.254 e. The average Bonchev–Trinajstić information content (AvgIpc) is 3.44. The second kappa shape index (κ2) is 6.73. The van der Waals surface area contributed by atoms with Crippen molar-refractivity contribution in [2.75, 3.05) is 14.2 Å². The summed E-state index contributed by atoms with van der Waals surface area (Å²) in [4.78, 5) is 14.8. The Kier molecular flexibility index (Phi) is 4.51. The van der Waals surface area contributed by atoms with Crippen molar-refractivity contribution in [2.45, 2.75) is 25.4 Å². The number of hydrogen-bond acceptors (Lipinski definition) is 3. The molecule has 4 nitrogen and oxygen atoms in total. The Balaban J connectivity index is 1.87. The van der Waals surface area contributed by atoms with Crippen LogP contribution in [0.3, 0.4) is 0 Å². The molecule has 0 heterocycles. The van der Waals surface area contributed by atoms with Gasteiger partial charge in [0.1, 0.15) is 11.5 Å². The van der Waals surface area contributed by atoms with Crippen LogP contribution in [-0.2, 0) is 6.54 Å². The van der Waals surface area contributed by atoms with Crippen LogP contribution >= 0.6 is 0 Å². The van der Waals surface area contributed by atoms with E-state index in [1.54, 1.807) is 14.2 Å². The molecule has 1 amide bonds. The lowest BCUT2D eigenvalue weighted by molar-refractivity contribution is 0.0728. The first kappa shape index (κ1) is 15.4. The van der Waals surface area contributed by atoms with E-state index in [9.17, 15) is 4.79 Å². The summed E-state index contributed by atoms with van der Waals surface area (Å²) in [5, 5.41) is 0. The molecule has 0 bridgehead atoms. The first-order valence-electron chi connectivity index (χ1n) is 7.80. The van der Waals surface area contributed by atoms with E-state index >= 15 is 0 Å². The molecule has 0 saturated heterocycles. The molecule has 0 atom stereocenters. The lowest BCUT2D eigenvalue weighted by atomic mass is 10.1. The zero-order valence-corrected chi connectivity index (χ0v) is 13.5. The second-order valence-corrected chi connectivity index (χ2v) is 5.71. The van der Waals surface area contributed by atoms with Gasteiger partial charge in [0.15, 0.2) is 0 Å². The fraction of sp³-hybridized carbons (Fsp3) is 0.316. The smallest absolute Gasteiger partial charge is 0.254 e. The molecule has 1 fully saturated rings. The minimum atomic E-state index is 0.0676. The summed E-state index contributed by atoms with van der Waals surface area (Å²) < 4.78 is 10.7. The van der Waals surface area contributed by atoms with Gasteiger partial charge < -0.3 is 14.4 Å². The quantitative estimate of drug-likeness (QED) is 0.819. The minimum absolute atomic E-state index is 0.0676. The van der Waals surface area contributed by atoms with Crippen molar-refractivity contribution in [2.24, 2.45) is 0 Å². The summed E-state index contributed by atoms with van der Waals surface area (Å²) in [7, 11) is 3.28. The van der Waals surface area contributed by atoms with Crippen LogP contribution in [-0.4, -0.2) is 31.1 Å². The SMILES string of the molecule is COc1ccc(OC)c(CN(C(=O)c2ccccc2)C2CC2)c1. The molecule has 23 heavy (non-hydrogen) atoms. The first-order valence-corrected chi connectivity index (χ1v) is 7.80. The largest absolute Gasteiger partial charge is 0.497 e. The van der Waals surface area contributed by atoms with Crippen molar-refractivity contribution in [3.05, 3.63) is 59.7 Å². The number of benzene rings is 2. The van der Waals surface area contributed by atoms with Crippen molar-refractivity contribution in [1.29, 1.82) is 0 Å². The summed E-state index contributed by atoms with van der Waals surface area (Å²) in [6, 6.07) is 15.4. The molecule has 1 aliphatic rings. The predicted molar refractivity (Wildman–Crippen MR) is 88.9 cm³/mol. The van der Waals surface area contributed by atoms with E-state index < -0.39 is 0 Å². The van der Waals surface area contributed by atoms with Gasteiger partial charge in [0.25, 0.3) is 5.91 Å². The molecule has 0 unspecified atom stereocenters. The van der Waals surface area contributed by atoms with Crippen LogP contribution in [0.5, 0.6) is 11.5 Å². The molecule has 0 aromatic heterocycles. The zero-order valence-electron chi connectivity index (χ0n) is 13.5. The Labute approximate surface area is 136 Å². The zero-order chi connectivity index (χ0) is 16.2. The predicted octanol–water partition coefficient (Wildman–Crippen LogP) is 3.51. The van der Waals surface area contributed by atoms with Gasteiger partial charge in [-0.15, -0.1) is 0 Å². The lowest BCUT2D eigenvalue weighted by Crippen LogP contribution is -2.32. The van der Waals surface area contributed by atoms with Gasteiger partial charge in [0, 0.05) is 17.2 Å². The average molecular weight is 311 g/mol. The minimum Gasteiger partial charge on any atom is -0.497 e. The number of amides is 1. The number of nitrogens with zero attached hydrogens (tertiary/aromatic N) is 1. The topological polar surface area (TPSA) is 38.8 Å². The highest BCUT2D eigenvalue weighted by molar-refractivity contribution is 5.94. The van der Waals surface area contributed by atoms with Gasteiger partial charge in [0.2, 0.25) is 0 Å². The highest BCUT2D eigenvalue weighted by atomic mass is 16.5. The fourth-order valence-corrected chi connectivity index (χ4v) is 2.69. The van der Waals surface area contributed by atoms with Crippen molar-refractivity contribution >= 4 is 5.91 Å². The van der Waals surface area contributed by atoms with E-state index in [-0.39, 0.29) is 5.91 Å². The first-order chi connectivity index (χ1) is 11.2. The van der Waals surface area contributed by atoms with E-state index in [2.05, 4.69) is 0 Å². The summed E-state index contributed by atoms with van der Waals surface area (Å²) in [6.45, 7) is 0.527. The Bertz CT molecular complexity index is 680. The van der Waals surface area contributed by atoms with Gasteiger partial charge in [-0.25, -0.2) is 0 Å². The molecule has 0 N–H and O–H groups in total. The molecule has 0 radical (unpaired) electrons. The number of hydrogen-bond donors (Lipinski definition) is 0. The fourth-order valence-electron chi connectivity index (χ4n) is 2.69. The number of carbonyl (C=O) groups excluding carboxylic acids is 1. The van der Waals surface area contributed by atoms with Gasteiger partial charge in [-0.3, -0.25) is 4.79 Å². The van der Waals surface area contributed by atoms with Crippen LogP contribution in [0.25, 0.3) is 0 Å². The van der Waals surface area contributed by atoms with Gasteiger partial charge >= 0.3 is 0 Å². The Morgan fingerprint density at radius 1 is 1.09 bits per heavy atom. The van der Waals surface area contributed by atoms with E-state index in [4.69, 9.17) is 9.47 Å². The molecular weight excluding hydrogens is 290 g/mol. The molecule has 0 aliphatic heterocycles. The Morgan fingerprint density at radius 3 is 2.43 bits per heavy atom. The number of methoxy groups -OCH3 is 2. The number of carbonyl (C=O) groups is 1. The van der Waals surface area contributed by atoms with Gasteiger partial charge in [-0.05, 0) is 43.2 Å². The molecule has 2 aromatic rings. The second-order valence-electron chi connectivity index (χ2n) is 5.71. The highest BCUT2D eigenvalue weighted by Gasteiger charge is 2.33. The van der Waals surface area contributed by atoms with E-state index in [1.165, 1.54) is 0 Å². The van der Waals surface area contributed by atoms with Crippen molar-refractivity contribution in [3.63, 3.8) is 0 Å². The summed E-state index contributed by atoms with van der Waals surface area (Å²) in [6.07, 6.45) is 2.12. The molecule has 120 valence electrons. The van der Waals surface area contributed by atoms with Crippen LogP contribution < -0.4 is 9.47 Å². The standard InChI is InChI=1S/C19H21NO3/c1-22-17-10-11-18(23-2)15(12-17)13-20(16-8-9-16)19(21)14-6-4-3-5-7-14/h3-7,10-12,16H,8-9,13H2,1-2H3. The third kappa shape index (κ3) is 3.47. The van der Waals surface area contributed by atoms with Crippen LogP contribution in [0.15, 0.2) is 48.5 Å². The molecule has 0 spiro atoms. The normalized spacial score (nSPS) is 13.5. The maximum atomic E-state index is 12.8. The van der Waals surface area contributed by atoms with Crippen molar-refractivity contribution in [1.82, 2.24) is 4.90 Å². The summed E-state index contributed by atoms with van der Waals surface area (Å²) >= 11 is 0. The number of rotatable bonds is 6. The van der Waals surface area contributed by atoms with Gasteiger partial charge in [0.05, 0.1) is 20.8 Å². The molecule has 4 heteroatoms. The van der Waals surface area contributed by atoms with E-state index in [1.807, 2.05) is 53.4 Å². The molecular formula is C19H21NO3. The van der Waals surface area contributed by atoms with Crippen molar-refractivity contribution < 1.29 is 14.3 Å². The number of ether oxygens (including phenoxy) is 2. The van der Waals surface area contributed by atoms with Crippen LogP contribution in [0, 0.1) is 0 Å². The monoisotopic (exact) mass is 311 g/mol. The summed E-state index contributed by atoms with van der Waals surface area (Å²) in [5.41, 5.74) is 1.68. The van der Waals surface area contributed by atoms with E-state index in [0.29, 0.717) is 12.6 Å². The third-order valence-electron chi connectivity index (χ3n) is 4.10. The maximum absolute atomic E-state index is 12.8. The van der Waals surface area contributed by atoms with Gasteiger partial charge in [-0.2, -0.15) is 0 Å². The van der Waals surface area contributed by atoms with Crippen LogP contribution in [0.2, 0.25) is 0 Å². The third-order valence-corrected chi connectivity index (χ3v) is 4.10. The van der Waals surface area contributed by atoms with Crippen LogP contribution in [0.4, 0.5) is 0 Å². The molecule has 2 aromatic carbocycles. The Hall–Kier alpha value is -2.49.